The van der Waals surface area contributed by atoms with Crippen LogP contribution in [0.25, 0.3) is 0 Å². The first-order valence-electron chi connectivity index (χ1n) is 5.18. The van der Waals surface area contributed by atoms with Gasteiger partial charge in [-0.05, 0) is 24.6 Å². The molecule has 1 heterocycles. The van der Waals surface area contributed by atoms with Crippen LogP contribution in [0.3, 0.4) is 0 Å². The number of halogens is 1. The van der Waals surface area contributed by atoms with Crippen molar-refractivity contribution in [2.24, 2.45) is 0 Å². The zero-order chi connectivity index (χ0) is 14.2. The van der Waals surface area contributed by atoms with E-state index in [1.165, 1.54) is 13.8 Å². The number of hydrogen-bond acceptors (Lipinski definition) is 6. The monoisotopic (exact) mass is 286 g/mol. The average Bonchev–Trinajstić information content (AvgIpc) is 2.68. The third-order valence-corrected chi connectivity index (χ3v) is 3.79. The van der Waals surface area contributed by atoms with Gasteiger partial charge in [0.1, 0.15) is 5.82 Å². The number of benzene rings is 1. The molecule has 0 bridgehead atoms. The molecule has 1 aromatic heterocycles. The maximum absolute atomic E-state index is 13.2. The van der Waals surface area contributed by atoms with E-state index in [4.69, 9.17) is 10.2 Å². The highest BCUT2D eigenvalue weighted by Gasteiger charge is 2.21. The quantitative estimate of drug-likeness (QED) is 0.820. The number of nitrogens with one attached hydrogen (secondary N) is 1. The Hall–Kier alpha value is -2.16. The molecule has 0 amide bonds. The van der Waals surface area contributed by atoms with Crippen LogP contribution in [0.5, 0.6) is 0 Å². The number of aryl methyl sites for hydroxylation is 2. The summed E-state index contributed by atoms with van der Waals surface area (Å²) in [6, 6.07) is 1.82. The highest BCUT2D eigenvalue weighted by molar-refractivity contribution is 7.92. The predicted octanol–water partition coefficient (Wildman–Crippen LogP) is 1.21. The molecule has 7 nitrogen and oxygen atoms in total. The van der Waals surface area contributed by atoms with E-state index >= 15 is 0 Å². The normalized spacial score (nSPS) is 11.5. The van der Waals surface area contributed by atoms with E-state index < -0.39 is 15.8 Å². The Labute approximate surface area is 108 Å². The minimum Gasteiger partial charge on any atom is -0.408 e. The van der Waals surface area contributed by atoms with Crippen molar-refractivity contribution in [2.45, 2.75) is 18.7 Å². The van der Waals surface area contributed by atoms with Crippen molar-refractivity contribution >= 4 is 21.7 Å². The molecule has 0 aliphatic carbocycles. The van der Waals surface area contributed by atoms with E-state index in [1.807, 2.05) is 0 Å². The fourth-order valence-electron chi connectivity index (χ4n) is 1.47. The Morgan fingerprint density at radius 3 is 2.58 bits per heavy atom. The van der Waals surface area contributed by atoms with Gasteiger partial charge in [-0.3, -0.25) is 0 Å². The van der Waals surface area contributed by atoms with Gasteiger partial charge in [-0.1, -0.05) is 5.10 Å². The van der Waals surface area contributed by atoms with Crippen LogP contribution in [0.15, 0.2) is 21.4 Å². The number of rotatable bonds is 3. The molecule has 19 heavy (non-hydrogen) atoms. The van der Waals surface area contributed by atoms with Crippen molar-refractivity contribution in [2.75, 3.05) is 10.5 Å². The summed E-state index contributed by atoms with van der Waals surface area (Å²) in [6.45, 7) is 2.97. The molecule has 0 aliphatic heterocycles. The second-order valence-corrected chi connectivity index (χ2v) is 5.52. The second-order valence-electron chi connectivity index (χ2n) is 3.87. The fraction of sp³-hybridized carbons (Fsp3) is 0.200. The maximum atomic E-state index is 13.2. The van der Waals surface area contributed by atoms with Crippen LogP contribution in [0.2, 0.25) is 0 Å². The highest BCUT2D eigenvalue weighted by Crippen LogP contribution is 2.23. The van der Waals surface area contributed by atoms with Crippen molar-refractivity contribution in [3.8, 4) is 0 Å². The van der Waals surface area contributed by atoms with Gasteiger partial charge in [-0.15, -0.1) is 5.10 Å². The Morgan fingerprint density at radius 1 is 1.32 bits per heavy atom. The first-order chi connectivity index (χ1) is 8.79. The van der Waals surface area contributed by atoms with E-state index in [2.05, 4.69) is 14.9 Å². The minimum atomic E-state index is -3.96. The third kappa shape index (κ3) is 2.65. The van der Waals surface area contributed by atoms with Gasteiger partial charge in [0.25, 0.3) is 10.0 Å². The van der Waals surface area contributed by atoms with E-state index in [0.717, 1.165) is 12.1 Å². The van der Waals surface area contributed by atoms with Crippen LogP contribution in [-0.4, -0.2) is 18.6 Å². The molecule has 0 radical (unpaired) electrons. The van der Waals surface area contributed by atoms with E-state index in [0.29, 0.717) is 0 Å². The molecular weight excluding hydrogens is 275 g/mol. The third-order valence-electron chi connectivity index (χ3n) is 2.33. The maximum Gasteiger partial charge on any atom is 0.329 e. The van der Waals surface area contributed by atoms with Crippen LogP contribution in [0.1, 0.15) is 11.5 Å². The van der Waals surface area contributed by atoms with Gasteiger partial charge in [0.05, 0.1) is 10.6 Å². The van der Waals surface area contributed by atoms with Gasteiger partial charge >= 0.3 is 6.01 Å². The predicted molar refractivity (Wildman–Crippen MR) is 65.4 cm³/mol. The van der Waals surface area contributed by atoms with Crippen molar-refractivity contribution in [3.63, 3.8) is 0 Å². The van der Waals surface area contributed by atoms with Gasteiger partial charge < -0.3 is 10.2 Å². The number of nitrogen functional groups attached to an aromatic ring is 1. The lowest BCUT2D eigenvalue weighted by Crippen LogP contribution is -2.15. The molecule has 0 saturated carbocycles. The van der Waals surface area contributed by atoms with Gasteiger partial charge in [-0.2, -0.15) is 0 Å². The first-order valence-corrected chi connectivity index (χ1v) is 6.66. The number of aromatic nitrogens is 2. The summed E-state index contributed by atoms with van der Waals surface area (Å²) in [5.41, 5.74) is 5.33. The molecule has 1 aromatic carbocycles. The summed E-state index contributed by atoms with van der Waals surface area (Å²) in [5.74, 6) is -0.460. The summed E-state index contributed by atoms with van der Waals surface area (Å²) >= 11 is 0. The van der Waals surface area contributed by atoms with Crippen LogP contribution in [-0.2, 0) is 10.0 Å². The number of anilines is 2. The van der Waals surface area contributed by atoms with E-state index in [1.54, 1.807) is 0 Å². The molecule has 0 fully saturated rings. The lowest BCUT2D eigenvalue weighted by molar-refractivity contribution is 0.534. The van der Waals surface area contributed by atoms with Crippen molar-refractivity contribution in [1.29, 1.82) is 0 Å². The highest BCUT2D eigenvalue weighted by atomic mass is 32.2. The Bertz CT molecular complexity index is 726. The molecule has 0 saturated heterocycles. The number of nitrogens with two attached hydrogens (primary N) is 1. The largest absolute Gasteiger partial charge is 0.408 e. The summed E-state index contributed by atoms with van der Waals surface area (Å²) in [5, 5.41) is 7.00. The molecule has 0 atom stereocenters. The molecule has 0 unspecified atom stereocenters. The Morgan fingerprint density at radius 2 is 2.00 bits per heavy atom. The standard InChI is InChI=1S/C10H11FN4O3S/c1-5-3-7(11)8(12)4-9(5)19(16,17)15-10-14-13-6(2)18-10/h3-4H,12H2,1-2H3,(H,14,15). The summed E-state index contributed by atoms with van der Waals surface area (Å²) < 4.78 is 44.4. The fourth-order valence-corrected chi connectivity index (χ4v) is 2.65. The van der Waals surface area contributed by atoms with Crippen LogP contribution < -0.4 is 10.5 Å². The van der Waals surface area contributed by atoms with Crippen LogP contribution in [0.4, 0.5) is 16.1 Å². The number of hydrogen-bond donors (Lipinski definition) is 2. The van der Waals surface area contributed by atoms with Gasteiger partial charge in [0, 0.05) is 6.92 Å². The second kappa shape index (κ2) is 4.50. The zero-order valence-electron chi connectivity index (χ0n) is 10.1. The van der Waals surface area contributed by atoms with Gasteiger partial charge in [0.15, 0.2) is 0 Å². The molecule has 2 aromatic rings. The number of sulfonamides is 1. The first kappa shape index (κ1) is 13.3. The molecular formula is C10H11FN4O3S. The van der Waals surface area contributed by atoms with Gasteiger partial charge in [-0.25, -0.2) is 17.5 Å². The molecule has 102 valence electrons. The summed E-state index contributed by atoms with van der Waals surface area (Å²) in [6.07, 6.45) is 0. The van der Waals surface area contributed by atoms with Crippen molar-refractivity contribution < 1.29 is 17.2 Å². The van der Waals surface area contributed by atoms with Crippen molar-refractivity contribution in [3.05, 3.63) is 29.4 Å². The smallest absolute Gasteiger partial charge is 0.329 e. The van der Waals surface area contributed by atoms with Crippen molar-refractivity contribution in [1.82, 2.24) is 10.2 Å². The molecule has 0 aliphatic rings. The van der Waals surface area contributed by atoms with Gasteiger partial charge in [0.2, 0.25) is 5.89 Å². The molecule has 2 rings (SSSR count). The average molecular weight is 286 g/mol. The van der Waals surface area contributed by atoms with Crippen LogP contribution >= 0.6 is 0 Å². The zero-order valence-corrected chi connectivity index (χ0v) is 11.0. The summed E-state index contributed by atoms with van der Waals surface area (Å²) in [4.78, 5) is -0.151. The van der Waals surface area contributed by atoms with E-state index in [9.17, 15) is 12.8 Å². The number of nitrogens with zero attached hydrogens (tertiary/aromatic N) is 2. The van der Waals surface area contributed by atoms with E-state index in [-0.39, 0.29) is 28.1 Å². The topological polar surface area (TPSA) is 111 Å². The molecule has 0 spiro atoms. The Balaban J connectivity index is 2.42. The van der Waals surface area contributed by atoms with Crippen LogP contribution in [0, 0.1) is 19.7 Å². The Kier molecular flexibility index (Phi) is 3.14. The summed E-state index contributed by atoms with van der Waals surface area (Å²) in [7, 11) is -3.96. The molecule has 9 heteroatoms. The lowest BCUT2D eigenvalue weighted by Gasteiger charge is -2.08. The SMILES string of the molecule is Cc1nnc(NS(=O)(=O)c2cc(N)c(F)cc2C)o1. The minimum absolute atomic E-state index is 0.151. The molecule has 3 N–H and O–H groups in total. The lowest BCUT2D eigenvalue weighted by atomic mass is 10.2.